The fraction of sp³-hybridized carbons (Fsp3) is 0.235. The van der Waals surface area contributed by atoms with Gasteiger partial charge in [-0.2, -0.15) is 0 Å². The Kier molecular flexibility index (Phi) is 3.36. The van der Waals surface area contributed by atoms with Gasteiger partial charge in [0.25, 0.3) is 0 Å². The molecule has 1 aromatic carbocycles. The van der Waals surface area contributed by atoms with Crippen molar-refractivity contribution in [2.45, 2.75) is 19.4 Å². The Hall–Kier alpha value is -2.31. The maximum atomic E-state index is 11.9. The lowest BCUT2D eigenvalue weighted by molar-refractivity contribution is -0.117. The highest BCUT2D eigenvalue weighted by Crippen LogP contribution is 2.34. The fourth-order valence-corrected chi connectivity index (χ4v) is 3.48. The quantitative estimate of drug-likeness (QED) is 0.776. The van der Waals surface area contributed by atoms with Crippen molar-refractivity contribution in [2.24, 2.45) is 5.92 Å². The van der Waals surface area contributed by atoms with Gasteiger partial charge in [-0.15, -0.1) is 0 Å². The van der Waals surface area contributed by atoms with E-state index in [1.807, 2.05) is 24.4 Å². The average Bonchev–Trinajstić information content (AvgIpc) is 3.13. The summed E-state index contributed by atoms with van der Waals surface area (Å²) in [5.74, 6) is -0.435. The van der Waals surface area contributed by atoms with Gasteiger partial charge in [-0.3, -0.25) is 9.78 Å². The molecule has 2 unspecified atom stereocenters. The molecule has 1 amide bonds. The maximum Gasteiger partial charge on any atom is 0.231 e. The van der Waals surface area contributed by atoms with Crippen LogP contribution in [0.4, 0.5) is 5.13 Å². The van der Waals surface area contributed by atoms with Gasteiger partial charge in [0.05, 0.1) is 22.2 Å². The Morgan fingerprint density at radius 3 is 2.96 bits per heavy atom. The molecule has 1 aliphatic rings. The van der Waals surface area contributed by atoms with Gasteiger partial charge < -0.3 is 10.4 Å². The minimum Gasteiger partial charge on any atom is -0.392 e. The molecule has 116 valence electrons. The smallest absolute Gasteiger partial charge is 0.231 e. The minimum absolute atomic E-state index is 0.153. The largest absolute Gasteiger partial charge is 0.392 e. The number of aromatic nitrogens is 2. The number of nitrogens with zero attached hydrogens (tertiary/aromatic N) is 2. The highest BCUT2D eigenvalue weighted by atomic mass is 32.1. The molecular formula is C17H15N3O2S. The number of rotatable bonds is 3. The molecule has 4 rings (SSSR count). The summed E-state index contributed by atoms with van der Waals surface area (Å²) in [7, 11) is 0. The number of carbonyl (C=O) groups excluding carboxylic acids is 1. The van der Waals surface area contributed by atoms with Crippen LogP contribution in [0, 0.1) is 12.8 Å². The van der Waals surface area contributed by atoms with Crippen molar-refractivity contribution < 1.29 is 9.90 Å². The number of hydrogen-bond acceptors (Lipinski definition) is 5. The van der Waals surface area contributed by atoms with E-state index >= 15 is 0 Å². The molecule has 0 spiro atoms. The Labute approximate surface area is 137 Å². The molecule has 0 saturated heterocycles. The summed E-state index contributed by atoms with van der Waals surface area (Å²) < 4.78 is 1.01. The Bertz CT molecular complexity index is 906. The molecule has 1 aliphatic carbocycles. The molecule has 2 aromatic heterocycles. The van der Waals surface area contributed by atoms with Gasteiger partial charge in [0.2, 0.25) is 5.91 Å². The van der Waals surface area contributed by atoms with Gasteiger partial charge in [0, 0.05) is 18.0 Å². The first kappa shape index (κ1) is 14.3. The molecule has 1 fully saturated rings. The topological polar surface area (TPSA) is 75.1 Å². The van der Waals surface area contributed by atoms with E-state index in [9.17, 15) is 9.90 Å². The zero-order chi connectivity index (χ0) is 16.0. The van der Waals surface area contributed by atoms with E-state index in [2.05, 4.69) is 28.3 Å². The second-order valence-electron chi connectivity index (χ2n) is 5.79. The van der Waals surface area contributed by atoms with Crippen molar-refractivity contribution in [1.82, 2.24) is 9.97 Å². The molecule has 2 N–H and O–H groups in total. The third-order valence-electron chi connectivity index (χ3n) is 4.06. The van der Waals surface area contributed by atoms with Gasteiger partial charge in [-0.05, 0) is 42.7 Å². The molecule has 5 nitrogen and oxygen atoms in total. The van der Waals surface area contributed by atoms with Crippen LogP contribution in [0.3, 0.4) is 0 Å². The van der Waals surface area contributed by atoms with Crippen LogP contribution in [-0.2, 0) is 4.79 Å². The van der Waals surface area contributed by atoms with Gasteiger partial charge in [0.15, 0.2) is 5.13 Å². The molecule has 0 aliphatic heterocycles. The van der Waals surface area contributed by atoms with Crippen molar-refractivity contribution in [3.05, 3.63) is 42.2 Å². The first-order valence-corrected chi connectivity index (χ1v) is 8.24. The molecule has 0 radical (unpaired) electrons. The molecule has 1 saturated carbocycles. The number of pyridine rings is 1. The van der Waals surface area contributed by atoms with E-state index in [4.69, 9.17) is 0 Å². The zero-order valence-corrected chi connectivity index (χ0v) is 13.3. The van der Waals surface area contributed by atoms with Crippen LogP contribution in [-0.4, -0.2) is 27.1 Å². The average molecular weight is 325 g/mol. The number of anilines is 1. The number of aliphatic hydroxyl groups is 1. The van der Waals surface area contributed by atoms with Gasteiger partial charge in [-0.1, -0.05) is 17.4 Å². The van der Waals surface area contributed by atoms with Gasteiger partial charge in [-0.25, -0.2) is 4.98 Å². The van der Waals surface area contributed by atoms with E-state index in [0.29, 0.717) is 11.6 Å². The van der Waals surface area contributed by atoms with Crippen LogP contribution >= 0.6 is 11.3 Å². The zero-order valence-electron chi connectivity index (χ0n) is 12.5. The van der Waals surface area contributed by atoms with E-state index in [1.165, 1.54) is 16.9 Å². The molecule has 2 heterocycles. The predicted molar refractivity (Wildman–Crippen MR) is 90.3 cm³/mol. The summed E-state index contributed by atoms with van der Waals surface area (Å²) in [5, 5.41) is 12.7. The predicted octanol–water partition coefficient (Wildman–Crippen LogP) is 2.99. The van der Waals surface area contributed by atoms with E-state index in [0.717, 1.165) is 21.3 Å². The molecule has 3 aromatic rings. The SMILES string of the molecule is Cc1ccncc1-c1ccc2nc(NC(=O)C3CC3O)sc2c1. The summed E-state index contributed by atoms with van der Waals surface area (Å²) in [6.07, 6.45) is 3.68. The normalized spacial score (nSPS) is 19.7. The fourth-order valence-electron chi connectivity index (χ4n) is 2.57. The van der Waals surface area contributed by atoms with Gasteiger partial charge in [0.1, 0.15) is 0 Å². The lowest BCUT2D eigenvalue weighted by atomic mass is 10.0. The number of fused-ring (bicyclic) bond motifs is 1. The summed E-state index contributed by atoms with van der Waals surface area (Å²) in [6, 6.07) is 8.02. The molecule has 2 atom stereocenters. The van der Waals surface area contributed by atoms with Crippen molar-refractivity contribution in [2.75, 3.05) is 5.32 Å². The van der Waals surface area contributed by atoms with E-state index < -0.39 is 6.10 Å². The lowest BCUT2D eigenvalue weighted by Gasteiger charge is -2.04. The number of carbonyl (C=O) groups is 1. The Morgan fingerprint density at radius 2 is 2.22 bits per heavy atom. The highest BCUT2D eigenvalue weighted by Gasteiger charge is 2.41. The van der Waals surface area contributed by atoms with E-state index in [1.54, 1.807) is 6.20 Å². The van der Waals surface area contributed by atoms with E-state index in [-0.39, 0.29) is 11.8 Å². The lowest BCUT2D eigenvalue weighted by Crippen LogP contribution is -2.15. The van der Waals surface area contributed by atoms with Crippen molar-refractivity contribution in [1.29, 1.82) is 0 Å². The third-order valence-corrected chi connectivity index (χ3v) is 5.00. The standard InChI is InChI=1S/C17H15N3O2S/c1-9-4-5-18-8-12(9)10-2-3-13-15(6-10)23-17(19-13)20-16(22)11-7-14(11)21/h2-6,8,11,14,21H,7H2,1H3,(H,19,20,22). The molecule has 23 heavy (non-hydrogen) atoms. The van der Waals surface area contributed by atoms with Crippen molar-refractivity contribution >= 4 is 32.6 Å². The number of hydrogen-bond donors (Lipinski definition) is 2. The number of amides is 1. The van der Waals surface area contributed by atoms with Crippen LogP contribution in [0.1, 0.15) is 12.0 Å². The molecular weight excluding hydrogens is 310 g/mol. The first-order chi connectivity index (χ1) is 11.1. The summed E-state index contributed by atoms with van der Waals surface area (Å²) in [4.78, 5) is 20.5. The Balaban J connectivity index is 1.64. The van der Waals surface area contributed by atoms with Crippen LogP contribution in [0.15, 0.2) is 36.7 Å². The minimum atomic E-state index is -0.496. The molecule has 0 bridgehead atoms. The summed E-state index contributed by atoms with van der Waals surface area (Å²) in [6.45, 7) is 2.06. The van der Waals surface area contributed by atoms with Crippen LogP contribution in [0.25, 0.3) is 21.3 Å². The summed E-state index contributed by atoms with van der Waals surface area (Å²) >= 11 is 1.44. The number of thiazole rings is 1. The number of aryl methyl sites for hydroxylation is 1. The second-order valence-corrected chi connectivity index (χ2v) is 6.82. The molecule has 6 heteroatoms. The van der Waals surface area contributed by atoms with Crippen LogP contribution in [0.2, 0.25) is 0 Å². The third kappa shape index (κ3) is 2.71. The maximum absolute atomic E-state index is 11.9. The van der Waals surface area contributed by atoms with Crippen LogP contribution in [0.5, 0.6) is 0 Å². The van der Waals surface area contributed by atoms with Crippen molar-refractivity contribution in [3.8, 4) is 11.1 Å². The number of nitrogens with one attached hydrogen (secondary N) is 1. The van der Waals surface area contributed by atoms with Crippen molar-refractivity contribution in [3.63, 3.8) is 0 Å². The summed E-state index contributed by atoms with van der Waals surface area (Å²) in [5.41, 5.74) is 4.20. The van der Waals surface area contributed by atoms with Crippen LogP contribution < -0.4 is 5.32 Å². The number of benzene rings is 1. The monoisotopic (exact) mass is 325 g/mol. The highest BCUT2D eigenvalue weighted by molar-refractivity contribution is 7.22. The number of aliphatic hydroxyl groups excluding tert-OH is 1. The Morgan fingerprint density at radius 1 is 1.39 bits per heavy atom. The first-order valence-electron chi connectivity index (χ1n) is 7.42. The van der Waals surface area contributed by atoms with Gasteiger partial charge >= 0.3 is 0 Å². The second kappa shape index (κ2) is 5.40.